The Labute approximate surface area is 187 Å². The van der Waals surface area contributed by atoms with Crippen LogP contribution in [-0.4, -0.2) is 61.1 Å². The van der Waals surface area contributed by atoms with Gasteiger partial charge in [0.05, 0.1) is 18.6 Å². The highest BCUT2D eigenvalue weighted by Gasteiger charge is 2.22. The van der Waals surface area contributed by atoms with Gasteiger partial charge in [0.15, 0.2) is 0 Å². The number of carboxylic acids is 1. The van der Waals surface area contributed by atoms with Gasteiger partial charge in [-0.05, 0) is 46.3 Å². The van der Waals surface area contributed by atoms with Crippen LogP contribution in [0.4, 0.5) is 0 Å². The van der Waals surface area contributed by atoms with Gasteiger partial charge in [-0.15, -0.1) is 5.10 Å². The standard InChI is InChI=1S/C21H20N6O4S/c1-31-15-8-6-14(7-9-15)27-21(24-25-26-27)32-12-19(28)23-18(20(29)30)10-13-11-22-17-5-3-2-4-16(13)17/h2-9,11,18,22H,10,12H2,1H3,(H,23,28)(H,29,30)/t18-/m1/s1. The minimum Gasteiger partial charge on any atom is -0.497 e. The van der Waals surface area contributed by atoms with Crippen LogP contribution in [-0.2, 0) is 16.0 Å². The number of nitrogens with zero attached hydrogens (tertiary/aromatic N) is 4. The number of H-pyrrole nitrogens is 1. The van der Waals surface area contributed by atoms with E-state index in [-0.39, 0.29) is 12.2 Å². The predicted molar refractivity (Wildman–Crippen MR) is 118 cm³/mol. The summed E-state index contributed by atoms with van der Waals surface area (Å²) in [6.07, 6.45) is 1.93. The lowest BCUT2D eigenvalue weighted by molar-refractivity contribution is -0.141. The Hall–Kier alpha value is -3.86. The summed E-state index contributed by atoms with van der Waals surface area (Å²) in [7, 11) is 1.58. The summed E-state index contributed by atoms with van der Waals surface area (Å²) < 4.78 is 6.64. The molecule has 0 saturated heterocycles. The number of aromatic nitrogens is 5. The van der Waals surface area contributed by atoms with Crippen molar-refractivity contribution >= 4 is 34.5 Å². The van der Waals surface area contributed by atoms with E-state index in [4.69, 9.17) is 4.74 Å². The van der Waals surface area contributed by atoms with Crippen molar-refractivity contribution in [3.05, 3.63) is 60.3 Å². The van der Waals surface area contributed by atoms with Gasteiger partial charge < -0.3 is 20.1 Å². The molecule has 0 aliphatic rings. The molecule has 1 atom stereocenters. The zero-order valence-electron chi connectivity index (χ0n) is 17.1. The number of hydrogen-bond acceptors (Lipinski definition) is 7. The van der Waals surface area contributed by atoms with E-state index in [1.165, 1.54) is 4.68 Å². The average Bonchev–Trinajstić information content (AvgIpc) is 3.44. The van der Waals surface area contributed by atoms with Gasteiger partial charge >= 0.3 is 5.97 Å². The second-order valence-electron chi connectivity index (χ2n) is 6.88. The van der Waals surface area contributed by atoms with Crippen molar-refractivity contribution in [1.82, 2.24) is 30.5 Å². The largest absolute Gasteiger partial charge is 0.497 e. The number of nitrogens with one attached hydrogen (secondary N) is 2. The van der Waals surface area contributed by atoms with Crippen molar-refractivity contribution < 1.29 is 19.4 Å². The molecule has 0 spiro atoms. The van der Waals surface area contributed by atoms with Gasteiger partial charge in [-0.3, -0.25) is 4.79 Å². The molecule has 0 aliphatic carbocycles. The number of ether oxygens (including phenoxy) is 1. The normalized spacial score (nSPS) is 11.9. The summed E-state index contributed by atoms with van der Waals surface area (Å²) in [4.78, 5) is 27.3. The summed E-state index contributed by atoms with van der Waals surface area (Å²) in [6, 6.07) is 13.7. The van der Waals surface area contributed by atoms with E-state index in [1.54, 1.807) is 37.6 Å². The molecule has 2 aromatic carbocycles. The quantitative estimate of drug-likeness (QED) is 0.329. The van der Waals surface area contributed by atoms with E-state index in [0.29, 0.717) is 16.6 Å². The SMILES string of the molecule is COc1ccc(-n2nnnc2SCC(=O)N[C@H](Cc2c[nH]c3ccccc23)C(=O)O)cc1. The highest BCUT2D eigenvalue weighted by Crippen LogP contribution is 2.21. The molecule has 0 radical (unpaired) electrons. The fourth-order valence-corrected chi connectivity index (χ4v) is 3.94. The van der Waals surface area contributed by atoms with Crippen LogP contribution in [0.15, 0.2) is 59.9 Å². The molecule has 2 aromatic heterocycles. The van der Waals surface area contributed by atoms with Crippen molar-refractivity contribution in [3.63, 3.8) is 0 Å². The molecular weight excluding hydrogens is 432 g/mol. The lowest BCUT2D eigenvalue weighted by Gasteiger charge is -2.14. The number of aliphatic carboxylic acids is 1. The number of para-hydroxylation sites is 1. The van der Waals surface area contributed by atoms with Crippen LogP contribution < -0.4 is 10.1 Å². The summed E-state index contributed by atoms with van der Waals surface area (Å²) in [5.41, 5.74) is 2.45. The summed E-state index contributed by atoms with van der Waals surface area (Å²) in [6.45, 7) is 0. The molecule has 10 nitrogen and oxygen atoms in total. The molecule has 0 saturated carbocycles. The lowest BCUT2D eigenvalue weighted by Crippen LogP contribution is -2.43. The van der Waals surface area contributed by atoms with E-state index in [0.717, 1.165) is 28.2 Å². The van der Waals surface area contributed by atoms with Crippen LogP contribution >= 0.6 is 11.8 Å². The third kappa shape index (κ3) is 4.72. The number of benzene rings is 2. The molecule has 4 aromatic rings. The van der Waals surface area contributed by atoms with Gasteiger partial charge in [0.25, 0.3) is 0 Å². The van der Waals surface area contributed by atoms with Gasteiger partial charge in [0.1, 0.15) is 11.8 Å². The van der Waals surface area contributed by atoms with Crippen LogP contribution in [0, 0.1) is 0 Å². The maximum Gasteiger partial charge on any atom is 0.326 e. The Morgan fingerprint density at radius 3 is 2.75 bits per heavy atom. The number of carbonyl (C=O) groups excluding carboxylic acids is 1. The number of thioether (sulfide) groups is 1. The topological polar surface area (TPSA) is 135 Å². The third-order valence-corrected chi connectivity index (χ3v) is 5.74. The molecule has 11 heteroatoms. The number of carboxylic acid groups (broad SMARTS) is 1. The maximum absolute atomic E-state index is 12.5. The Bertz CT molecular complexity index is 1240. The summed E-state index contributed by atoms with van der Waals surface area (Å²) >= 11 is 1.12. The second-order valence-corrected chi connectivity index (χ2v) is 7.82. The molecule has 1 amide bonds. The fraction of sp³-hybridized carbons (Fsp3) is 0.190. The number of tetrazole rings is 1. The van der Waals surface area contributed by atoms with Gasteiger partial charge in [-0.2, -0.15) is 4.68 Å². The molecule has 0 unspecified atom stereocenters. The van der Waals surface area contributed by atoms with Crippen molar-refractivity contribution in [1.29, 1.82) is 0 Å². The monoisotopic (exact) mass is 452 g/mol. The van der Waals surface area contributed by atoms with Crippen LogP contribution in [0.1, 0.15) is 5.56 Å². The molecule has 164 valence electrons. The number of hydrogen-bond donors (Lipinski definition) is 3. The van der Waals surface area contributed by atoms with Crippen LogP contribution in [0.2, 0.25) is 0 Å². The molecule has 0 bridgehead atoms. The van der Waals surface area contributed by atoms with Gasteiger partial charge in [-0.25, -0.2) is 4.79 Å². The Morgan fingerprint density at radius 2 is 2.00 bits per heavy atom. The molecular formula is C21H20N6O4S. The van der Waals surface area contributed by atoms with Crippen molar-refractivity contribution in [2.24, 2.45) is 0 Å². The molecule has 0 aliphatic heterocycles. The highest BCUT2D eigenvalue weighted by molar-refractivity contribution is 7.99. The van der Waals surface area contributed by atoms with Gasteiger partial charge in [0.2, 0.25) is 11.1 Å². The summed E-state index contributed by atoms with van der Waals surface area (Å²) in [5.74, 6) is -0.859. The number of rotatable bonds is 9. The maximum atomic E-state index is 12.5. The fourth-order valence-electron chi connectivity index (χ4n) is 3.24. The predicted octanol–water partition coefficient (Wildman–Crippen LogP) is 2.06. The van der Waals surface area contributed by atoms with Crippen LogP contribution in [0.25, 0.3) is 16.6 Å². The Kier molecular flexibility index (Phi) is 6.36. The molecule has 0 fully saturated rings. The molecule has 4 rings (SSSR count). The van der Waals surface area contributed by atoms with Gasteiger partial charge in [0, 0.05) is 23.5 Å². The first kappa shape index (κ1) is 21.4. The minimum atomic E-state index is -1.10. The smallest absolute Gasteiger partial charge is 0.326 e. The Balaban J connectivity index is 1.39. The first-order valence-electron chi connectivity index (χ1n) is 9.68. The van der Waals surface area contributed by atoms with Crippen LogP contribution in [0.5, 0.6) is 5.75 Å². The zero-order chi connectivity index (χ0) is 22.5. The molecule has 3 N–H and O–H groups in total. The van der Waals surface area contributed by atoms with E-state index in [1.807, 2.05) is 24.3 Å². The van der Waals surface area contributed by atoms with E-state index in [9.17, 15) is 14.7 Å². The second kappa shape index (κ2) is 9.52. The van der Waals surface area contributed by atoms with E-state index >= 15 is 0 Å². The van der Waals surface area contributed by atoms with Crippen molar-refractivity contribution in [2.75, 3.05) is 12.9 Å². The first-order chi connectivity index (χ1) is 15.5. The van der Waals surface area contributed by atoms with E-state index < -0.39 is 17.9 Å². The third-order valence-electron chi connectivity index (χ3n) is 4.82. The molecule has 2 heterocycles. The van der Waals surface area contributed by atoms with Crippen LogP contribution in [0.3, 0.4) is 0 Å². The number of methoxy groups -OCH3 is 1. The van der Waals surface area contributed by atoms with Crippen molar-refractivity contribution in [3.8, 4) is 11.4 Å². The van der Waals surface area contributed by atoms with Gasteiger partial charge in [-0.1, -0.05) is 30.0 Å². The first-order valence-corrected chi connectivity index (χ1v) is 10.7. The Morgan fingerprint density at radius 1 is 1.22 bits per heavy atom. The highest BCUT2D eigenvalue weighted by atomic mass is 32.2. The number of fused-ring (bicyclic) bond motifs is 1. The minimum absolute atomic E-state index is 0.0335. The number of aromatic amines is 1. The number of amides is 1. The number of carbonyl (C=O) groups is 2. The summed E-state index contributed by atoms with van der Waals surface area (Å²) in [5, 5.41) is 25.1. The lowest BCUT2D eigenvalue weighted by atomic mass is 10.1. The molecule has 32 heavy (non-hydrogen) atoms. The zero-order valence-corrected chi connectivity index (χ0v) is 17.9. The average molecular weight is 452 g/mol. The van der Waals surface area contributed by atoms with Crippen molar-refractivity contribution in [2.45, 2.75) is 17.6 Å². The van der Waals surface area contributed by atoms with E-state index in [2.05, 4.69) is 25.8 Å².